The lowest BCUT2D eigenvalue weighted by atomic mass is 10.1. The minimum Gasteiger partial charge on any atom is -0.351 e. The molecule has 22 heavy (non-hydrogen) atoms. The molecule has 118 valence electrons. The number of carbonyl (C=O) groups is 1. The molecule has 1 aliphatic heterocycles. The van der Waals surface area contributed by atoms with Crippen molar-refractivity contribution in [1.82, 2.24) is 20.1 Å². The maximum atomic E-state index is 12.1. The van der Waals surface area contributed by atoms with Crippen molar-refractivity contribution in [2.24, 2.45) is 0 Å². The molecular formula is C15H19ClN4OS. The van der Waals surface area contributed by atoms with Gasteiger partial charge in [0.1, 0.15) is 16.5 Å². The molecular weight excluding hydrogens is 320 g/mol. The SMILES string of the molecule is Cc1csc(C(=O)NCCCc2nnc3n2CCCC3)c1Cl. The van der Waals surface area contributed by atoms with Gasteiger partial charge in [-0.3, -0.25) is 4.79 Å². The number of halogens is 1. The van der Waals surface area contributed by atoms with E-state index >= 15 is 0 Å². The van der Waals surface area contributed by atoms with Crippen molar-refractivity contribution < 1.29 is 4.79 Å². The summed E-state index contributed by atoms with van der Waals surface area (Å²) < 4.78 is 2.23. The summed E-state index contributed by atoms with van der Waals surface area (Å²) in [5.41, 5.74) is 0.951. The fraction of sp³-hybridized carbons (Fsp3) is 0.533. The summed E-state index contributed by atoms with van der Waals surface area (Å²) in [6.45, 7) is 3.55. The van der Waals surface area contributed by atoms with Crippen molar-refractivity contribution >= 4 is 28.8 Å². The first kappa shape index (κ1) is 15.5. The van der Waals surface area contributed by atoms with E-state index < -0.39 is 0 Å². The Morgan fingerprint density at radius 3 is 3.09 bits per heavy atom. The number of nitrogens with one attached hydrogen (secondary N) is 1. The topological polar surface area (TPSA) is 59.8 Å². The van der Waals surface area contributed by atoms with E-state index in [1.165, 1.54) is 24.2 Å². The molecule has 1 N–H and O–H groups in total. The zero-order chi connectivity index (χ0) is 15.5. The second-order valence-corrected chi connectivity index (χ2v) is 6.82. The average molecular weight is 339 g/mol. The number of fused-ring (bicyclic) bond motifs is 1. The van der Waals surface area contributed by atoms with Crippen LogP contribution in [0.4, 0.5) is 0 Å². The van der Waals surface area contributed by atoms with Crippen molar-refractivity contribution in [2.75, 3.05) is 6.54 Å². The van der Waals surface area contributed by atoms with Crippen LogP contribution in [0.2, 0.25) is 5.02 Å². The van der Waals surface area contributed by atoms with E-state index in [0.717, 1.165) is 43.0 Å². The summed E-state index contributed by atoms with van der Waals surface area (Å²) in [7, 11) is 0. The van der Waals surface area contributed by atoms with Crippen molar-refractivity contribution in [2.45, 2.75) is 45.6 Å². The molecule has 0 bridgehead atoms. The molecule has 0 spiro atoms. The average Bonchev–Trinajstić information content (AvgIpc) is 3.08. The van der Waals surface area contributed by atoms with E-state index in [1.807, 2.05) is 12.3 Å². The Bertz CT molecular complexity index is 679. The van der Waals surface area contributed by atoms with Crippen LogP contribution < -0.4 is 5.32 Å². The highest BCUT2D eigenvalue weighted by Crippen LogP contribution is 2.26. The molecule has 0 radical (unpaired) electrons. The molecule has 0 aliphatic carbocycles. The molecule has 3 heterocycles. The fourth-order valence-electron chi connectivity index (χ4n) is 2.67. The number of carbonyl (C=O) groups excluding carboxylic acids is 1. The summed E-state index contributed by atoms with van der Waals surface area (Å²) in [6.07, 6.45) is 5.12. The number of amides is 1. The van der Waals surface area contributed by atoms with E-state index in [9.17, 15) is 4.79 Å². The van der Waals surface area contributed by atoms with Gasteiger partial charge in [-0.2, -0.15) is 0 Å². The van der Waals surface area contributed by atoms with Gasteiger partial charge in [-0.25, -0.2) is 0 Å². The van der Waals surface area contributed by atoms with Gasteiger partial charge in [0.2, 0.25) is 0 Å². The normalized spacial score (nSPS) is 13.9. The molecule has 1 aliphatic rings. The minimum atomic E-state index is -0.0913. The second kappa shape index (κ2) is 6.79. The third-order valence-corrected chi connectivity index (χ3v) is 5.60. The van der Waals surface area contributed by atoms with Crippen LogP contribution in [0.5, 0.6) is 0 Å². The van der Waals surface area contributed by atoms with Crippen LogP contribution in [0.3, 0.4) is 0 Å². The predicted molar refractivity (Wildman–Crippen MR) is 87.7 cm³/mol. The highest BCUT2D eigenvalue weighted by atomic mass is 35.5. The van der Waals surface area contributed by atoms with Crippen LogP contribution in [0, 0.1) is 6.92 Å². The number of nitrogens with zero attached hydrogens (tertiary/aromatic N) is 3. The van der Waals surface area contributed by atoms with E-state index in [-0.39, 0.29) is 5.91 Å². The Labute approximate surface area is 138 Å². The predicted octanol–water partition coefficient (Wildman–Crippen LogP) is 3.00. The van der Waals surface area contributed by atoms with Gasteiger partial charge >= 0.3 is 0 Å². The third-order valence-electron chi connectivity index (χ3n) is 3.90. The van der Waals surface area contributed by atoms with E-state index in [2.05, 4.69) is 20.1 Å². The minimum absolute atomic E-state index is 0.0913. The lowest BCUT2D eigenvalue weighted by Gasteiger charge is -2.14. The number of aryl methyl sites for hydroxylation is 3. The van der Waals surface area contributed by atoms with Gasteiger partial charge < -0.3 is 9.88 Å². The number of aromatic nitrogens is 3. The number of thiophene rings is 1. The van der Waals surface area contributed by atoms with Crippen molar-refractivity contribution in [3.63, 3.8) is 0 Å². The standard InChI is InChI=1S/C15H19ClN4OS/c1-10-9-22-14(13(10)16)15(21)17-7-4-6-12-19-18-11-5-2-3-8-20(11)12/h9H,2-8H2,1H3,(H,17,21). The maximum absolute atomic E-state index is 12.1. The molecule has 5 nitrogen and oxygen atoms in total. The summed E-state index contributed by atoms with van der Waals surface area (Å²) in [5.74, 6) is 2.05. The lowest BCUT2D eigenvalue weighted by Crippen LogP contribution is -2.24. The quantitative estimate of drug-likeness (QED) is 0.852. The molecule has 7 heteroatoms. The molecule has 0 saturated heterocycles. The summed E-state index contributed by atoms with van der Waals surface area (Å²) >= 11 is 7.49. The summed E-state index contributed by atoms with van der Waals surface area (Å²) in [4.78, 5) is 12.7. The number of hydrogen-bond donors (Lipinski definition) is 1. The first-order valence-electron chi connectivity index (χ1n) is 7.59. The fourth-order valence-corrected chi connectivity index (χ4v) is 3.86. The Morgan fingerprint density at radius 2 is 2.32 bits per heavy atom. The molecule has 1 amide bonds. The molecule has 0 unspecified atom stereocenters. The van der Waals surface area contributed by atoms with Gasteiger partial charge in [0.25, 0.3) is 5.91 Å². The van der Waals surface area contributed by atoms with Crippen LogP contribution >= 0.6 is 22.9 Å². The highest BCUT2D eigenvalue weighted by Gasteiger charge is 2.16. The molecule has 2 aromatic heterocycles. The van der Waals surface area contributed by atoms with Crippen LogP contribution in [0.15, 0.2) is 5.38 Å². The van der Waals surface area contributed by atoms with Crippen molar-refractivity contribution in [3.05, 3.63) is 32.5 Å². The first-order chi connectivity index (χ1) is 10.7. The Balaban J connectivity index is 1.49. The Morgan fingerprint density at radius 1 is 1.45 bits per heavy atom. The smallest absolute Gasteiger partial charge is 0.262 e. The van der Waals surface area contributed by atoms with Crippen LogP contribution in [-0.4, -0.2) is 27.2 Å². The molecule has 0 atom stereocenters. The maximum Gasteiger partial charge on any atom is 0.262 e. The zero-order valence-electron chi connectivity index (χ0n) is 12.6. The zero-order valence-corrected chi connectivity index (χ0v) is 14.1. The van der Waals surface area contributed by atoms with Crippen molar-refractivity contribution in [1.29, 1.82) is 0 Å². The molecule has 0 aromatic carbocycles. The third kappa shape index (κ3) is 3.17. The van der Waals surface area contributed by atoms with Gasteiger partial charge in [-0.05, 0) is 37.1 Å². The van der Waals surface area contributed by atoms with Crippen LogP contribution in [0.25, 0.3) is 0 Å². The van der Waals surface area contributed by atoms with Gasteiger partial charge in [-0.1, -0.05) is 11.6 Å². The van der Waals surface area contributed by atoms with E-state index in [0.29, 0.717) is 16.4 Å². The van der Waals surface area contributed by atoms with Gasteiger partial charge in [-0.15, -0.1) is 21.5 Å². The van der Waals surface area contributed by atoms with Crippen molar-refractivity contribution in [3.8, 4) is 0 Å². The Kier molecular flexibility index (Phi) is 4.78. The lowest BCUT2D eigenvalue weighted by molar-refractivity contribution is 0.0957. The van der Waals surface area contributed by atoms with Crippen LogP contribution in [-0.2, 0) is 19.4 Å². The monoisotopic (exact) mass is 338 g/mol. The summed E-state index contributed by atoms with van der Waals surface area (Å²) in [6, 6.07) is 0. The van der Waals surface area contributed by atoms with Gasteiger partial charge in [0.05, 0.1) is 5.02 Å². The van der Waals surface area contributed by atoms with Gasteiger partial charge in [0, 0.05) is 25.9 Å². The van der Waals surface area contributed by atoms with Crippen LogP contribution in [0.1, 0.15) is 46.1 Å². The highest BCUT2D eigenvalue weighted by molar-refractivity contribution is 7.13. The summed E-state index contributed by atoms with van der Waals surface area (Å²) in [5, 5.41) is 13.9. The Hall–Kier alpha value is -1.40. The van der Waals surface area contributed by atoms with Gasteiger partial charge in [0.15, 0.2) is 0 Å². The molecule has 0 saturated carbocycles. The second-order valence-electron chi connectivity index (χ2n) is 5.56. The van der Waals surface area contributed by atoms with E-state index in [4.69, 9.17) is 11.6 Å². The molecule has 2 aromatic rings. The number of hydrogen-bond acceptors (Lipinski definition) is 4. The number of rotatable bonds is 5. The largest absolute Gasteiger partial charge is 0.351 e. The molecule has 3 rings (SSSR count). The van der Waals surface area contributed by atoms with E-state index in [1.54, 1.807) is 0 Å². The molecule has 0 fully saturated rings. The first-order valence-corrected chi connectivity index (χ1v) is 8.85.